The van der Waals surface area contributed by atoms with Gasteiger partial charge in [-0.25, -0.2) is 4.99 Å². The molecule has 1 atom stereocenters. The van der Waals surface area contributed by atoms with Gasteiger partial charge in [0.25, 0.3) is 0 Å². The number of benzene rings is 2. The number of nitrogens with zero attached hydrogens (tertiary/aromatic N) is 1. The number of nitrogens with one attached hydrogen (secondary N) is 2. The van der Waals surface area contributed by atoms with E-state index >= 15 is 0 Å². The molecule has 1 aliphatic heterocycles. The molecule has 3 nitrogen and oxygen atoms in total. The number of aliphatic imine (C=N–C) groups is 1. The maximum absolute atomic E-state index is 13.7. The molecule has 0 aromatic heterocycles. The fraction of sp³-hybridized carbons (Fsp3) is 0.433. The normalized spacial score (nSPS) is 17.6. The van der Waals surface area contributed by atoms with Crippen LogP contribution in [0, 0.1) is 6.92 Å². The van der Waals surface area contributed by atoms with Crippen molar-refractivity contribution in [2.75, 3.05) is 0 Å². The maximum Gasteiger partial charge on any atom is 0.416 e. The third-order valence-electron chi connectivity index (χ3n) is 6.58. The van der Waals surface area contributed by atoms with Crippen molar-refractivity contribution in [3.63, 3.8) is 0 Å². The van der Waals surface area contributed by atoms with Gasteiger partial charge in [0.05, 0.1) is 5.56 Å². The van der Waals surface area contributed by atoms with E-state index in [0.29, 0.717) is 11.5 Å². The molecule has 2 aromatic rings. The molecule has 36 heavy (non-hydrogen) atoms. The number of halogens is 3. The van der Waals surface area contributed by atoms with Crippen LogP contribution in [-0.2, 0) is 6.18 Å². The van der Waals surface area contributed by atoms with Crippen LogP contribution in [0.15, 0.2) is 71.4 Å². The fourth-order valence-corrected chi connectivity index (χ4v) is 4.63. The van der Waals surface area contributed by atoms with E-state index in [1.807, 2.05) is 31.2 Å². The van der Waals surface area contributed by atoms with E-state index in [-0.39, 0.29) is 5.56 Å². The van der Waals surface area contributed by atoms with Crippen molar-refractivity contribution in [1.29, 1.82) is 0 Å². The van der Waals surface area contributed by atoms with E-state index in [9.17, 15) is 13.2 Å². The second-order valence-corrected chi connectivity index (χ2v) is 9.40. The SMILES string of the molecule is C=C(NC1=NC(c2ccccc2C(F)(F)F)NC2=C1CCCCC2)c1ccccc1C.CCCCC. The van der Waals surface area contributed by atoms with Crippen molar-refractivity contribution >= 4 is 11.5 Å². The highest BCUT2D eigenvalue weighted by Crippen LogP contribution is 2.38. The van der Waals surface area contributed by atoms with Crippen molar-refractivity contribution in [2.24, 2.45) is 4.99 Å². The maximum atomic E-state index is 13.7. The number of allylic oxidation sites excluding steroid dienone is 1. The molecule has 0 fully saturated rings. The molecule has 2 aliphatic rings. The Labute approximate surface area is 213 Å². The first-order valence-corrected chi connectivity index (χ1v) is 13.0. The fourth-order valence-electron chi connectivity index (χ4n) is 4.63. The standard InChI is InChI=1S/C25H26F3N3.C5H12/c1-16-10-6-7-11-18(16)17(2)29-24-20-13-4-3-5-15-22(20)30-23(31-24)19-12-8-9-14-21(19)25(26,27)28;1-3-5-4-2/h6-12,14,23,30H,2-5,13,15H2,1H3,(H,29,31);3-5H2,1-2H3. The van der Waals surface area contributed by atoms with Gasteiger partial charge in [-0.3, -0.25) is 0 Å². The average molecular weight is 498 g/mol. The number of hydrogen-bond acceptors (Lipinski definition) is 3. The van der Waals surface area contributed by atoms with E-state index < -0.39 is 17.9 Å². The van der Waals surface area contributed by atoms with Gasteiger partial charge in [0.1, 0.15) is 12.0 Å². The molecule has 0 amide bonds. The van der Waals surface area contributed by atoms with Crippen LogP contribution in [-0.4, -0.2) is 5.84 Å². The van der Waals surface area contributed by atoms with Crippen LogP contribution in [0.3, 0.4) is 0 Å². The number of amidine groups is 1. The van der Waals surface area contributed by atoms with E-state index in [2.05, 4.69) is 31.1 Å². The summed E-state index contributed by atoms with van der Waals surface area (Å²) in [5.41, 5.74) is 4.23. The molecule has 2 N–H and O–H groups in total. The molecule has 2 aromatic carbocycles. The highest BCUT2D eigenvalue weighted by molar-refractivity contribution is 6.04. The minimum atomic E-state index is -4.44. The molecule has 1 heterocycles. The minimum absolute atomic E-state index is 0.131. The van der Waals surface area contributed by atoms with Gasteiger partial charge < -0.3 is 10.6 Å². The lowest BCUT2D eigenvalue weighted by atomic mass is 9.99. The van der Waals surface area contributed by atoms with Gasteiger partial charge in [-0.05, 0) is 44.2 Å². The van der Waals surface area contributed by atoms with Crippen molar-refractivity contribution in [2.45, 2.75) is 84.5 Å². The van der Waals surface area contributed by atoms with Crippen molar-refractivity contribution < 1.29 is 13.2 Å². The Balaban J connectivity index is 0.000000658. The molecule has 0 radical (unpaired) electrons. The zero-order valence-electron chi connectivity index (χ0n) is 21.6. The Hall–Kier alpha value is -3.02. The van der Waals surface area contributed by atoms with Crippen LogP contribution in [0.25, 0.3) is 5.70 Å². The third-order valence-corrected chi connectivity index (χ3v) is 6.58. The quantitative estimate of drug-likeness (QED) is 0.433. The van der Waals surface area contributed by atoms with Crippen molar-refractivity contribution in [3.05, 3.63) is 88.6 Å². The number of alkyl halides is 3. The molecule has 0 saturated carbocycles. The Morgan fingerprint density at radius 1 is 1.00 bits per heavy atom. The van der Waals surface area contributed by atoms with Gasteiger partial charge in [0, 0.05) is 28.1 Å². The summed E-state index contributed by atoms with van der Waals surface area (Å²) >= 11 is 0. The summed E-state index contributed by atoms with van der Waals surface area (Å²) in [6.07, 6.45) is 3.59. The molecule has 0 bridgehead atoms. The summed E-state index contributed by atoms with van der Waals surface area (Å²) in [6.45, 7) is 10.6. The van der Waals surface area contributed by atoms with Crippen molar-refractivity contribution in [1.82, 2.24) is 10.6 Å². The minimum Gasteiger partial charge on any atom is -0.363 e. The second kappa shape index (κ2) is 12.8. The van der Waals surface area contributed by atoms with Crippen LogP contribution >= 0.6 is 0 Å². The molecule has 4 rings (SSSR count). The first kappa shape index (κ1) is 27.6. The number of rotatable bonds is 5. The van der Waals surface area contributed by atoms with E-state index in [1.54, 1.807) is 6.07 Å². The largest absolute Gasteiger partial charge is 0.416 e. The first-order valence-electron chi connectivity index (χ1n) is 13.0. The predicted octanol–water partition coefficient (Wildman–Crippen LogP) is 8.69. The molecule has 1 aliphatic carbocycles. The highest BCUT2D eigenvalue weighted by atomic mass is 19.4. The van der Waals surface area contributed by atoms with Crippen molar-refractivity contribution in [3.8, 4) is 0 Å². The summed E-state index contributed by atoms with van der Waals surface area (Å²) in [7, 11) is 0. The highest BCUT2D eigenvalue weighted by Gasteiger charge is 2.36. The zero-order valence-corrected chi connectivity index (χ0v) is 21.6. The zero-order chi connectivity index (χ0) is 26.1. The molecule has 1 unspecified atom stereocenters. The van der Waals surface area contributed by atoms with Crippen LogP contribution in [0.5, 0.6) is 0 Å². The van der Waals surface area contributed by atoms with Gasteiger partial charge in [0.15, 0.2) is 0 Å². The molecule has 0 saturated heterocycles. The van der Waals surface area contributed by atoms with Gasteiger partial charge in [-0.15, -0.1) is 0 Å². The topological polar surface area (TPSA) is 36.4 Å². The second-order valence-electron chi connectivity index (χ2n) is 9.40. The summed E-state index contributed by atoms with van der Waals surface area (Å²) < 4.78 is 41.0. The van der Waals surface area contributed by atoms with Gasteiger partial charge >= 0.3 is 6.18 Å². The smallest absolute Gasteiger partial charge is 0.363 e. The van der Waals surface area contributed by atoms with Crippen LogP contribution in [0.1, 0.15) is 93.6 Å². The summed E-state index contributed by atoms with van der Waals surface area (Å²) in [4.78, 5) is 4.72. The molecular weight excluding hydrogens is 459 g/mol. The number of unbranched alkanes of at least 4 members (excludes halogenated alkanes) is 2. The van der Waals surface area contributed by atoms with Crippen LogP contribution < -0.4 is 10.6 Å². The first-order chi connectivity index (χ1) is 17.3. The van der Waals surface area contributed by atoms with E-state index in [4.69, 9.17) is 4.99 Å². The average Bonchev–Trinajstić information content (AvgIpc) is 3.10. The van der Waals surface area contributed by atoms with Gasteiger partial charge in [0.2, 0.25) is 0 Å². The predicted molar refractivity (Wildman–Crippen MR) is 143 cm³/mol. The monoisotopic (exact) mass is 497 g/mol. The molecular formula is C30H38F3N3. The Morgan fingerprint density at radius 2 is 1.67 bits per heavy atom. The van der Waals surface area contributed by atoms with Crippen LogP contribution in [0.4, 0.5) is 13.2 Å². The number of hydrogen-bond donors (Lipinski definition) is 2. The summed E-state index contributed by atoms with van der Waals surface area (Å²) in [5, 5.41) is 6.64. The molecule has 6 heteroatoms. The van der Waals surface area contributed by atoms with E-state index in [0.717, 1.165) is 60.6 Å². The Bertz CT molecular complexity index is 1100. The van der Waals surface area contributed by atoms with E-state index in [1.165, 1.54) is 31.4 Å². The lowest BCUT2D eigenvalue weighted by Crippen LogP contribution is -2.35. The molecule has 194 valence electrons. The Kier molecular flexibility index (Phi) is 9.80. The Morgan fingerprint density at radius 3 is 2.33 bits per heavy atom. The summed E-state index contributed by atoms with van der Waals surface area (Å²) in [6, 6.07) is 13.5. The lowest BCUT2D eigenvalue weighted by molar-refractivity contribution is -0.138. The van der Waals surface area contributed by atoms with Gasteiger partial charge in [-0.1, -0.05) is 88.6 Å². The summed E-state index contributed by atoms with van der Waals surface area (Å²) in [5.74, 6) is 0.617. The van der Waals surface area contributed by atoms with Crippen LogP contribution in [0.2, 0.25) is 0 Å². The molecule has 0 spiro atoms. The number of aryl methyl sites for hydroxylation is 1. The third kappa shape index (κ3) is 7.02. The lowest BCUT2D eigenvalue weighted by Gasteiger charge is -2.30. The van der Waals surface area contributed by atoms with Gasteiger partial charge in [-0.2, -0.15) is 13.2 Å².